The summed E-state index contributed by atoms with van der Waals surface area (Å²) in [6, 6.07) is 13.0. The summed E-state index contributed by atoms with van der Waals surface area (Å²) in [6.45, 7) is 4.71. The van der Waals surface area contributed by atoms with Crippen molar-refractivity contribution in [2.24, 2.45) is 0 Å². The summed E-state index contributed by atoms with van der Waals surface area (Å²) in [6.07, 6.45) is 0. The van der Waals surface area contributed by atoms with Crippen LogP contribution in [0.2, 0.25) is 5.02 Å². The molecule has 3 nitrogen and oxygen atoms in total. The van der Waals surface area contributed by atoms with Gasteiger partial charge in [0.25, 0.3) is 5.91 Å². The van der Waals surface area contributed by atoms with Crippen molar-refractivity contribution in [3.63, 3.8) is 0 Å². The van der Waals surface area contributed by atoms with Gasteiger partial charge in [0.15, 0.2) is 0 Å². The van der Waals surface area contributed by atoms with Crippen molar-refractivity contribution in [3.8, 4) is 0 Å². The largest absolute Gasteiger partial charge is 0.385 e. The zero-order chi connectivity index (χ0) is 14.5. The smallest absolute Gasteiger partial charge is 0.257 e. The lowest BCUT2D eigenvalue weighted by molar-refractivity contribution is 0.102. The topological polar surface area (TPSA) is 41.1 Å². The first-order valence-corrected chi connectivity index (χ1v) is 6.90. The predicted octanol–water partition coefficient (Wildman–Crippen LogP) is 4.33. The Kier molecular flexibility index (Phi) is 4.64. The van der Waals surface area contributed by atoms with Gasteiger partial charge in [-0.2, -0.15) is 0 Å². The van der Waals surface area contributed by atoms with Crippen LogP contribution >= 0.6 is 11.6 Å². The third-order valence-electron chi connectivity index (χ3n) is 2.91. The van der Waals surface area contributed by atoms with Gasteiger partial charge in [-0.1, -0.05) is 29.8 Å². The molecule has 0 spiro atoms. The number of hydrogen-bond donors (Lipinski definition) is 2. The van der Waals surface area contributed by atoms with Gasteiger partial charge in [0.05, 0.1) is 16.3 Å². The summed E-state index contributed by atoms with van der Waals surface area (Å²) < 4.78 is 0. The molecule has 4 heteroatoms. The molecule has 20 heavy (non-hydrogen) atoms. The highest BCUT2D eigenvalue weighted by Gasteiger charge is 2.12. The summed E-state index contributed by atoms with van der Waals surface area (Å²) in [5, 5.41) is 6.56. The van der Waals surface area contributed by atoms with E-state index >= 15 is 0 Å². The molecule has 0 aromatic heterocycles. The van der Waals surface area contributed by atoms with Crippen LogP contribution in [0.15, 0.2) is 42.5 Å². The van der Waals surface area contributed by atoms with Crippen LogP contribution in [-0.4, -0.2) is 12.5 Å². The molecule has 0 unspecified atom stereocenters. The molecule has 0 saturated heterocycles. The van der Waals surface area contributed by atoms with Crippen LogP contribution < -0.4 is 10.6 Å². The maximum absolute atomic E-state index is 12.3. The van der Waals surface area contributed by atoms with E-state index in [0.717, 1.165) is 17.8 Å². The first kappa shape index (κ1) is 14.4. The average molecular weight is 289 g/mol. The van der Waals surface area contributed by atoms with Crippen LogP contribution in [0.1, 0.15) is 22.8 Å². The molecule has 2 N–H and O–H groups in total. The zero-order valence-corrected chi connectivity index (χ0v) is 12.3. The number of anilines is 2. The third kappa shape index (κ3) is 3.31. The van der Waals surface area contributed by atoms with E-state index in [-0.39, 0.29) is 5.91 Å². The molecule has 2 rings (SSSR count). The second-order valence-electron chi connectivity index (χ2n) is 4.51. The van der Waals surface area contributed by atoms with E-state index in [0.29, 0.717) is 16.3 Å². The van der Waals surface area contributed by atoms with E-state index in [1.165, 1.54) is 0 Å². The van der Waals surface area contributed by atoms with Crippen LogP contribution in [-0.2, 0) is 0 Å². The number of para-hydroxylation sites is 1. The van der Waals surface area contributed by atoms with Gasteiger partial charge in [0.2, 0.25) is 0 Å². The standard InChI is InChI=1S/C16H17ClN2O/c1-3-18-14-7-5-4-6-12(14)16(20)19-15-9-8-11(2)10-13(15)17/h4-10,18H,3H2,1-2H3,(H,19,20). The van der Waals surface area contributed by atoms with Gasteiger partial charge in [0, 0.05) is 12.2 Å². The van der Waals surface area contributed by atoms with E-state index < -0.39 is 0 Å². The van der Waals surface area contributed by atoms with Crippen molar-refractivity contribution in [2.75, 3.05) is 17.2 Å². The van der Waals surface area contributed by atoms with Crippen LogP contribution in [0.5, 0.6) is 0 Å². The van der Waals surface area contributed by atoms with E-state index in [1.54, 1.807) is 6.07 Å². The van der Waals surface area contributed by atoms with E-state index in [1.807, 2.05) is 50.2 Å². The van der Waals surface area contributed by atoms with Crippen LogP contribution in [0, 0.1) is 6.92 Å². The maximum Gasteiger partial charge on any atom is 0.257 e. The Bertz CT molecular complexity index is 626. The molecule has 0 bridgehead atoms. The average Bonchev–Trinajstić information content (AvgIpc) is 2.43. The Labute approximate surface area is 124 Å². The van der Waals surface area contributed by atoms with Gasteiger partial charge in [0.1, 0.15) is 0 Å². The SMILES string of the molecule is CCNc1ccccc1C(=O)Nc1ccc(C)cc1Cl. The minimum absolute atomic E-state index is 0.174. The quantitative estimate of drug-likeness (QED) is 0.879. The Morgan fingerprint density at radius 2 is 1.90 bits per heavy atom. The van der Waals surface area contributed by atoms with Gasteiger partial charge in [-0.3, -0.25) is 4.79 Å². The number of nitrogens with one attached hydrogen (secondary N) is 2. The fourth-order valence-corrected chi connectivity index (χ4v) is 2.22. The first-order chi connectivity index (χ1) is 9.61. The number of benzene rings is 2. The number of carbonyl (C=O) groups is 1. The predicted molar refractivity (Wildman–Crippen MR) is 84.7 cm³/mol. The Hall–Kier alpha value is -2.00. The first-order valence-electron chi connectivity index (χ1n) is 6.52. The fourth-order valence-electron chi connectivity index (χ4n) is 1.94. The summed E-state index contributed by atoms with van der Waals surface area (Å²) in [7, 11) is 0. The van der Waals surface area contributed by atoms with Gasteiger partial charge in [-0.15, -0.1) is 0 Å². The van der Waals surface area contributed by atoms with Crippen molar-refractivity contribution >= 4 is 28.9 Å². The molecule has 2 aromatic rings. The fraction of sp³-hybridized carbons (Fsp3) is 0.188. The summed E-state index contributed by atoms with van der Waals surface area (Å²) in [4.78, 5) is 12.3. The van der Waals surface area contributed by atoms with Crippen molar-refractivity contribution in [3.05, 3.63) is 58.6 Å². The molecule has 0 aliphatic heterocycles. The molecule has 0 fully saturated rings. The van der Waals surface area contributed by atoms with Gasteiger partial charge in [-0.05, 0) is 43.7 Å². The Balaban J connectivity index is 2.24. The number of carbonyl (C=O) groups excluding carboxylic acids is 1. The van der Waals surface area contributed by atoms with Crippen molar-refractivity contribution < 1.29 is 4.79 Å². The number of halogens is 1. The van der Waals surface area contributed by atoms with Gasteiger partial charge < -0.3 is 10.6 Å². The van der Waals surface area contributed by atoms with Crippen molar-refractivity contribution in [1.82, 2.24) is 0 Å². The number of hydrogen-bond acceptors (Lipinski definition) is 2. The molecule has 0 aliphatic rings. The lowest BCUT2D eigenvalue weighted by Crippen LogP contribution is -2.15. The highest BCUT2D eigenvalue weighted by molar-refractivity contribution is 6.34. The van der Waals surface area contributed by atoms with Crippen LogP contribution in [0.3, 0.4) is 0 Å². The minimum atomic E-state index is -0.174. The second kappa shape index (κ2) is 6.44. The molecular formula is C16H17ClN2O. The minimum Gasteiger partial charge on any atom is -0.385 e. The lowest BCUT2D eigenvalue weighted by atomic mass is 10.1. The number of rotatable bonds is 4. The molecule has 2 aromatic carbocycles. The highest BCUT2D eigenvalue weighted by atomic mass is 35.5. The summed E-state index contributed by atoms with van der Waals surface area (Å²) >= 11 is 6.13. The molecule has 0 radical (unpaired) electrons. The second-order valence-corrected chi connectivity index (χ2v) is 4.92. The normalized spacial score (nSPS) is 10.2. The van der Waals surface area contributed by atoms with E-state index in [9.17, 15) is 4.79 Å². The van der Waals surface area contributed by atoms with Crippen LogP contribution in [0.25, 0.3) is 0 Å². The molecular weight excluding hydrogens is 272 g/mol. The molecule has 0 atom stereocenters. The molecule has 0 heterocycles. The Morgan fingerprint density at radius 3 is 2.60 bits per heavy atom. The summed E-state index contributed by atoms with van der Waals surface area (Å²) in [5.41, 5.74) is 3.09. The molecule has 0 saturated carbocycles. The Morgan fingerprint density at radius 1 is 1.15 bits per heavy atom. The third-order valence-corrected chi connectivity index (χ3v) is 3.22. The zero-order valence-electron chi connectivity index (χ0n) is 11.5. The van der Waals surface area contributed by atoms with E-state index in [2.05, 4.69) is 10.6 Å². The summed E-state index contributed by atoms with van der Waals surface area (Å²) in [5.74, 6) is -0.174. The monoisotopic (exact) mass is 288 g/mol. The van der Waals surface area contributed by atoms with E-state index in [4.69, 9.17) is 11.6 Å². The van der Waals surface area contributed by atoms with Crippen molar-refractivity contribution in [1.29, 1.82) is 0 Å². The lowest BCUT2D eigenvalue weighted by Gasteiger charge is -2.12. The molecule has 0 aliphatic carbocycles. The van der Waals surface area contributed by atoms with Crippen molar-refractivity contribution in [2.45, 2.75) is 13.8 Å². The van der Waals surface area contributed by atoms with Crippen LogP contribution in [0.4, 0.5) is 11.4 Å². The molecule has 1 amide bonds. The molecule has 104 valence electrons. The maximum atomic E-state index is 12.3. The van der Waals surface area contributed by atoms with Gasteiger partial charge in [-0.25, -0.2) is 0 Å². The number of aryl methyl sites for hydroxylation is 1. The van der Waals surface area contributed by atoms with Gasteiger partial charge >= 0.3 is 0 Å². The highest BCUT2D eigenvalue weighted by Crippen LogP contribution is 2.24. The number of amides is 1.